The number of pyridine rings is 1. The van der Waals surface area contributed by atoms with Crippen LogP contribution in [0.1, 0.15) is 46.5 Å². The van der Waals surface area contributed by atoms with Gasteiger partial charge in [-0.05, 0) is 65.8 Å². The quantitative estimate of drug-likeness (QED) is 0.373. The molecule has 0 radical (unpaired) electrons. The van der Waals surface area contributed by atoms with Crippen LogP contribution in [0.2, 0.25) is 0 Å². The first-order valence-corrected chi connectivity index (χ1v) is 15.4. The minimum Gasteiger partial charge on any atom is -0.444 e. The predicted molar refractivity (Wildman–Crippen MR) is 166 cm³/mol. The van der Waals surface area contributed by atoms with Gasteiger partial charge in [-0.15, -0.1) is 11.3 Å². The Hall–Kier alpha value is -3.77. The van der Waals surface area contributed by atoms with Crippen LogP contribution >= 0.6 is 11.3 Å². The van der Waals surface area contributed by atoms with E-state index in [1.165, 1.54) is 11.3 Å². The topological polar surface area (TPSA) is 112 Å². The van der Waals surface area contributed by atoms with Crippen molar-refractivity contribution in [2.45, 2.75) is 58.1 Å². The number of amides is 2. The summed E-state index contributed by atoms with van der Waals surface area (Å²) in [5.74, 6) is 0.277. The Labute approximate surface area is 248 Å². The fraction of sp³-hybridized carbons (Fsp3) is 0.500. The van der Waals surface area contributed by atoms with Crippen LogP contribution in [0.3, 0.4) is 0 Å². The number of likely N-dealkylation sites (N-methyl/N-ethyl adjacent to an activating group) is 1. The Morgan fingerprint density at radius 1 is 1.10 bits per heavy atom. The number of likely N-dealkylation sites (tertiary alicyclic amines) is 1. The fourth-order valence-corrected chi connectivity index (χ4v) is 6.95. The lowest BCUT2D eigenvalue weighted by Gasteiger charge is -2.28. The van der Waals surface area contributed by atoms with Gasteiger partial charge in [-0.25, -0.2) is 9.78 Å². The largest absolute Gasteiger partial charge is 0.444 e. The molecule has 2 aliphatic rings. The van der Waals surface area contributed by atoms with E-state index in [0.29, 0.717) is 34.8 Å². The summed E-state index contributed by atoms with van der Waals surface area (Å²) in [6.45, 7) is 9.59. The van der Waals surface area contributed by atoms with Crippen LogP contribution in [-0.2, 0) is 9.53 Å². The van der Waals surface area contributed by atoms with Crippen LogP contribution in [0.4, 0.5) is 16.4 Å². The van der Waals surface area contributed by atoms with Crippen LogP contribution in [0.5, 0.6) is 0 Å². The van der Waals surface area contributed by atoms with Crippen molar-refractivity contribution < 1.29 is 14.3 Å². The van der Waals surface area contributed by atoms with Crippen molar-refractivity contribution in [2.24, 2.45) is 0 Å². The molecule has 1 N–H and O–H groups in total. The average molecular weight is 592 g/mol. The van der Waals surface area contributed by atoms with Crippen molar-refractivity contribution >= 4 is 61.1 Å². The lowest BCUT2D eigenvalue weighted by molar-refractivity contribution is -0.117. The van der Waals surface area contributed by atoms with E-state index in [-0.39, 0.29) is 29.5 Å². The highest BCUT2D eigenvalue weighted by molar-refractivity contribution is 7.24. The standard InChI is InChI=1S/C30H37N7O4S/c1-30(2,3)41-29(40)36-14-7-9-19(36)17-23(38)32-24-25(39)20-18-31-28(35-13-8-12-34(4)15-16-35)33-26(20)37-21-10-5-6-11-22(21)42-27(24)37/h5-6,10-11,18-19H,7-9,12-17H2,1-4H3,(H,32,38). The fourth-order valence-electron chi connectivity index (χ4n) is 5.81. The van der Waals surface area contributed by atoms with E-state index in [1.807, 2.05) is 49.4 Å². The molecule has 0 spiro atoms. The van der Waals surface area contributed by atoms with Gasteiger partial charge in [0.15, 0.2) is 5.65 Å². The molecule has 1 unspecified atom stereocenters. The Balaban J connectivity index is 1.36. The highest BCUT2D eigenvalue weighted by atomic mass is 32.1. The van der Waals surface area contributed by atoms with Crippen molar-refractivity contribution in [1.82, 2.24) is 24.2 Å². The number of hydrogen-bond donors (Lipinski definition) is 1. The number of nitrogens with one attached hydrogen (secondary N) is 1. The molecule has 2 fully saturated rings. The highest BCUT2D eigenvalue weighted by Crippen LogP contribution is 2.33. The zero-order valence-electron chi connectivity index (χ0n) is 24.6. The number of para-hydroxylation sites is 1. The maximum Gasteiger partial charge on any atom is 0.410 e. The van der Waals surface area contributed by atoms with E-state index in [2.05, 4.69) is 27.1 Å². The molecule has 12 heteroatoms. The Bertz CT molecular complexity index is 1730. The van der Waals surface area contributed by atoms with Gasteiger partial charge in [-0.3, -0.25) is 14.0 Å². The first-order chi connectivity index (χ1) is 20.1. The van der Waals surface area contributed by atoms with Gasteiger partial charge < -0.3 is 24.8 Å². The van der Waals surface area contributed by atoms with Gasteiger partial charge in [0.25, 0.3) is 0 Å². The van der Waals surface area contributed by atoms with E-state index in [0.717, 1.165) is 49.2 Å². The predicted octanol–water partition coefficient (Wildman–Crippen LogP) is 4.33. The van der Waals surface area contributed by atoms with Crippen molar-refractivity contribution in [3.8, 4) is 0 Å². The number of nitrogens with zero attached hydrogens (tertiary/aromatic N) is 6. The number of thiazole rings is 1. The smallest absolute Gasteiger partial charge is 0.410 e. The monoisotopic (exact) mass is 591 g/mol. The maximum atomic E-state index is 13.9. The number of hydrogen-bond acceptors (Lipinski definition) is 9. The number of fused-ring (bicyclic) bond motifs is 5. The van der Waals surface area contributed by atoms with Gasteiger partial charge in [-0.1, -0.05) is 12.1 Å². The van der Waals surface area contributed by atoms with Gasteiger partial charge in [-0.2, -0.15) is 4.98 Å². The summed E-state index contributed by atoms with van der Waals surface area (Å²) >= 11 is 1.44. The molecule has 0 aliphatic carbocycles. The Morgan fingerprint density at radius 3 is 2.71 bits per heavy atom. The number of carbonyl (C=O) groups excluding carboxylic acids is 2. The van der Waals surface area contributed by atoms with Crippen molar-refractivity contribution in [3.63, 3.8) is 0 Å². The van der Waals surface area contributed by atoms with Crippen molar-refractivity contribution in [2.75, 3.05) is 50.0 Å². The second-order valence-electron chi connectivity index (χ2n) is 12.2. The van der Waals surface area contributed by atoms with Crippen molar-refractivity contribution in [1.29, 1.82) is 0 Å². The van der Waals surface area contributed by atoms with E-state index < -0.39 is 11.7 Å². The summed E-state index contributed by atoms with van der Waals surface area (Å²) in [5.41, 5.74) is 0.709. The molecular formula is C30H37N7O4S. The van der Waals surface area contributed by atoms with Crippen LogP contribution in [-0.4, -0.2) is 87.6 Å². The molecule has 6 rings (SSSR count). The molecule has 3 aromatic heterocycles. The summed E-state index contributed by atoms with van der Waals surface area (Å²) in [7, 11) is 2.11. The Morgan fingerprint density at radius 2 is 1.90 bits per heavy atom. The van der Waals surface area contributed by atoms with E-state index in [1.54, 1.807) is 11.1 Å². The summed E-state index contributed by atoms with van der Waals surface area (Å²) in [6.07, 6.45) is 3.75. The lowest BCUT2D eigenvalue weighted by Crippen LogP contribution is -2.41. The number of rotatable bonds is 4. The van der Waals surface area contributed by atoms with Gasteiger partial charge >= 0.3 is 6.09 Å². The second-order valence-corrected chi connectivity index (χ2v) is 13.2. The van der Waals surface area contributed by atoms with Crippen molar-refractivity contribution in [3.05, 3.63) is 40.7 Å². The summed E-state index contributed by atoms with van der Waals surface area (Å²) < 4.78 is 8.50. The molecule has 1 atom stereocenters. The molecule has 5 heterocycles. The SMILES string of the molecule is CN1CCCN(c2ncc3c(=O)c(NC(=O)CC4CCCN4C(=O)OC(C)(C)C)c4sc5ccccc5n4c3n2)CC1. The average Bonchev–Trinajstić information content (AvgIpc) is 3.50. The summed E-state index contributed by atoms with van der Waals surface area (Å²) in [6, 6.07) is 7.61. The van der Waals surface area contributed by atoms with Gasteiger partial charge in [0.2, 0.25) is 17.3 Å². The summed E-state index contributed by atoms with van der Waals surface area (Å²) in [5, 5.41) is 3.27. The van der Waals surface area contributed by atoms with E-state index >= 15 is 0 Å². The number of benzene rings is 1. The van der Waals surface area contributed by atoms with Gasteiger partial charge in [0.05, 0.1) is 15.6 Å². The minimum atomic E-state index is -0.620. The first kappa shape index (κ1) is 28.4. The number of ether oxygens (including phenoxy) is 1. The molecular weight excluding hydrogens is 554 g/mol. The zero-order chi connectivity index (χ0) is 29.6. The number of aromatic nitrogens is 3. The third-order valence-electron chi connectivity index (χ3n) is 7.86. The number of carbonyl (C=O) groups is 2. The second kappa shape index (κ2) is 11.1. The summed E-state index contributed by atoms with van der Waals surface area (Å²) in [4.78, 5) is 56.3. The van der Waals surface area contributed by atoms with E-state index in [4.69, 9.17) is 9.72 Å². The van der Waals surface area contributed by atoms with Crippen LogP contribution < -0.4 is 15.6 Å². The van der Waals surface area contributed by atoms with Gasteiger partial charge in [0.1, 0.15) is 16.1 Å². The molecule has 222 valence electrons. The molecule has 2 amide bonds. The molecule has 1 aromatic carbocycles. The molecule has 11 nitrogen and oxygen atoms in total. The molecule has 0 saturated carbocycles. The Kier molecular flexibility index (Phi) is 7.52. The molecule has 4 aromatic rings. The third-order valence-corrected chi connectivity index (χ3v) is 9.01. The zero-order valence-corrected chi connectivity index (χ0v) is 25.4. The molecule has 0 bridgehead atoms. The number of anilines is 2. The maximum absolute atomic E-state index is 13.9. The first-order valence-electron chi connectivity index (χ1n) is 14.5. The molecule has 42 heavy (non-hydrogen) atoms. The third kappa shape index (κ3) is 5.52. The highest BCUT2D eigenvalue weighted by Gasteiger charge is 2.34. The van der Waals surface area contributed by atoms with E-state index in [9.17, 15) is 14.4 Å². The van der Waals surface area contributed by atoms with Gasteiger partial charge in [0, 0.05) is 44.8 Å². The normalized spacial score (nSPS) is 18.6. The lowest BCUT2D eigenvalue weighted by atomic mass is 10.1. The molecule has 2 aliphatic heterocycles. The molecule has 2 saturated heterocycles. The van der Waals surface area contributed by atoms with Crippen LogP contribution in [0, 0.1) is 0 Å². The minimum absolute atomic E-state index is 0.0760. The van der Waals surface area contributed by atoms with Crippen LogP contribution in [0.25, 0.3) is 26.1 Å². The van der Waals surface area contributed by atoms with Crippen LogP contribution in [0.15, 0.2) is 35.3 Å².